The number of benzene rings is 1. The first kappa shape index (κ1) is 13.2. The third-order valence-corrected chi connectivity index (χ3v) is 4.15. The van der Waals surface area contributed by atoms with E-state index in [0.29, 0.717) is 0 Å². The maximum atomic E-state index is 4.59. The zero-order chi connectivity index (χ0) is 13.9. The second kappa shape index (κ2) is 5.70. The zero-order valence-corrected chi connectivity index (χ0v) is 12.4. The van der Waals surface area contributed by atoms with E-state index < -0.39 is 0 Å². The summed E-state index contributed by atoms with van der Waals surface area (Å²) in [5, 5.41) is 8.14. The molecule has 0 aliphatic heterocycles. The van der Waals surface area contributed by atoms with Crippen molar-refractivity contribution in [3.63, 3.8) is 0 Å². The average Bonchev–Trinajstić information content (AvgIpc) is 3.10. The predicted molar refractivity (Wildman–Crippen MR) is 83.1 cm³/mol. The summed E-state index contributed by atoms with van der Waals surface area (Å²) < 4.78 is 2.10. The lowest BCUT2D eigenvalue weighted by atomic mass is 10.1. The molecule has 0 radical (unpaired) electrons. The molecule has 1 aromatic carbocycles. The fraction of sp³-hybridized carbons (Fsp3) is 0.471. The van der Waals surface area contributed by atoms with Crippen LogP contribution in [0.4, 0.5) is 5.69 Å². The van der Waals surface area contributed by atoms with E-state index in [9.17, 15) is 0 Å². The minimum atomic E-state index is 0.847. The van der Waals surface area contributed by atoms with Crippen LogP contribution < -0.4 is 5.32 Å². The number of hydrogen-bond acceptors (Lipinski definition) is 2. The number of aryl methyl sites for hydroxylation is 4. The number of fused-ring (bicyclic) bond motifs is 1. The van der Waals surface area contributed by atoms with Crippen LogP contribution in [0.25, 0.3) is 0 Å². The van der Waals surface area contributed by atoms with Crippen molar-refractivity contribution in [3.8, 4) is 0 Å². The van der Waals surface area contributed by atoms with Gasteiger partial charge in [0.05, 0.1) is 17.9 Å². The van der Waals surface area contributed by atoms with Gasteiger partial charge in [-0.05, 0) is 61.9 Å². The molecule has 0 saturated carbocycles. The Morgan fingerprint density at radius 1 is 1.15 bits per heavy atom. The Balaban J connectivity index is 1.71. The van der Waals surface area contributed by atoms with Crippen LogP contribution >= 0.6 is 0 Å². The van der Waals surface area contributed by atoms with Gasteiger partial charge >= 0.3 is 0 Å². The van der Waals surface area contributed by atoms with Gasteiger partial charge in [-0.2, -0.15) is 5.10 Å². The van der Waals surface area contributed by atoms with E-state index in [1.165, 1.54) is 47.5 Å². The molecule has 0 fully saturated rings. The van der Waals surface area contributed by atoms with Crippen LogP contribution in [0.2, 0.25) is 0 Å². The Bertz CT molecular complexity index is 598. The summed E-state index contributed by atoms with van der Waals surface area (Å²) >= 11 is 0. The largest absolute Gasteiger partial charge is 0.379 e. The van der Waals surface area contributed by atoms with Gasteiger partial charge in [0.15, 0.2) is 0 Å². The Labute approximate surface area is 121 Å². The lowest BCUT2D eigenvalue weighted by Gasteiger charge is -2.09. The third-order valence-electron chi connectivity index (χ3n) is 4.15. The molecule has 3 heteroatoms. The Morgan fingerprint density at radius 2 is 2.00 bits per heavy atom. The first-order valence-corrected chi connectivity index (χ1v) is 7.71. The number of rotatable bonds is 5. The number of nitrogens with one attached hydrogen (secondary N) is 1. The van der Waals surface area contributed by atoms with Gasteiger partial charge in [-0.25, -0.2) is 0 Å². The Kier molecular flexibility index (Phi) is 3.77. The van der Waals surface area contributed by atoms with E-state index in [1.807, 2.05) is 0 Å². The minimum Gasteiger partial charge on any atom is -0.379 e. The van der Waals surface area contributed by atoms with Crippen LogP contribution in [0.1, 0.15) is 42.8 Å². The molecule has 3 rings (SSSR count). The Morgan fingerprint density at radius 3 is 2.80 bits per heavy atom. The molecule has 0 unspecified atom stereocenters. The number of hydrogen-bond donors (Lipinski definition) is 1. The van der Waals surface area contributed by atoms with Gasteiger partial charge in [-0.1, -0.05) is 13.0 Å². The average molecular weight is 269 g/mol. The topological polar surface area (TPSA) is 29.9 Å². The van der Waals surface area contributed by atoms with E-state index in [2.05, 4.69) is 53.2 Å². The van der Waals surface area contributed by atoms with E-state index in [0.717, 1.165) is 19.5 Å². The summed E-state index contributed by atoms with van der Waals surface area (Å²) in [6.07, 6.45) is 4.79. The van der Waals surface area contributed by atoms with Crippen LogP contribution in [-0.2, 0) is 32.4 Å². The van der Waals surface area contributed by atoms with E-state index in [4.69, 9.17) is 0 Å². The molecule has 20 heavy (non-hydrogen) atoms. The molecule has 1 aromatic heterocycles. The minimum absolute atomic E-state index is 0.847. The number of aromatic nitrogens is 2. The Hall–Kier alpha value is -1.77. The van der Waals surface area contributed by atoms with Crippen molar-refractivity contribution in [2.45, 2.75) is 52.6 Å². The van der Waals surface area contributed by atoms with E-state index >= 15 is 0 Å². The standard InChI is InChI=1S/C17H23N3/c1-3-15-11-17(20(4-2)19-15)12-18-16-9-8-13-6-5-7-14(13)10-16/h8-11,18H,3-7,12H2,1-2H3. The van der Waals surface area contributed by atoms with Gasteiger partial charge < -0.3 is 5.32 Å². The maximum Gasteiger partial charge on any atom is 0.0625 e. The van der Waals surface area contributed by atoms with Gasteiger partial charge in [0.2, 0.25) is 0 Å². The highest BCUT2D eigenvalue weighted by Gasteiger charge is 2.11. The maximum absolute atomic E-state index is 4.59. The summed E-state index contributed by atoms with van der Waals surface area (Å²) in [6, 6.07) is 9.01. The summed E-state index contributed by atoms with van der Waals surface area (Å²) in [7, 11) is 0. The number of anilines is 1. The number of nitrogens with zero attached hydrogens (tertiary/aromatic N) is 2. The van der Waals surface area contributed by atoms with Crippen LogP contribution in [0.5, 0.6) is 0 Å². The van der Waals surface area contributed by atoms with Gasteiger partial charge in [-0.15, -0.1) is 0 Å². The molecule has 0 saturated heterocycles. The molecule has 0 bridgehead atoms. The lowest BCUT2D eigenvalue weighted by Crippen LogP contribution is -2.08. The monoisotopic (exact) mass is 269 g/mol. The van der Waals surface area contributed by atoms with E-state index in [1.54, 1.807) is 0 Å². The summed E-state index contributed by atoms with van der Waals surface area (Å²) in [4.78, 5) is 0. The smallest absolute Gasteiger partial charge is 0.0625 e. The fourth-order valence-corrected chi connectivity index (χ4v) is 2.98. The molecule has 0 amide bonds. The zero-order valence-electron chi connectivity index (χ0n) is 12.4. The van der Waals surface area contributed by atoms with Crippen LogP contribution in [-0.4, -0.2) is 9.78 Å². The van der Waals surface area contributed by atoms with E-state index in [-0.39, 0.29) is 0 Å². The lowest BCUT2D eigenvalue weighted by molar-refractivity contribution is 0.619. The molecule has 0 atom stereocenters. The molecule has 1 N–H and O–H groups in total. The van der Waals surface area contributed by atoms with Crippen molar-refractivity contribution in [2.24, 2.45) is 0 Å². The molecular weight excluding hydrogens is 246 g/mol. The second-order valence-corrected chi connectivity index (χ2v) is 5.49. The highest BCUT2D eigenvalue weighted by molar-refractivity contribution is 5.50. The predicted octanol–water partition coefficient (Wildman–Crippen LogP) is 3.57. The third kappa shape index (κ3) is 2.58. The molecule has 106 valence electrons. The molecule has 1 aliphatic carbocycles. The van der Waals surface area contributed by atoms with Crippen molar-refractivity contribution in [1.29, 1.82) is 0 Å². The quantitative estimate of drug-likeness (QED) is 0.899. The second-order valence-electron chi connectivity index (χ2n) is 5.49. The highest BCUT2D eigenvalue weighted by atomic mass is 15.3. The fourth-order valence-electron chi connectivity index (χ4n) is 2.98. The van der Waals surface area contributed by atoms with Crippen LogP contribution in [0.15, 0.2) is 24.3 Å². The van der Waals surface area contributed by atoms with Gasteiger partial charge in [-0.3, -0.25) is 4.68 Å². The van der Waals surface area contributed by atoms with Crippen molar-refractivity contribution >= 4 is 5.69 Å². The first-order valence-electron chi connectivity index (χ1n) is 7.71. The summed E-state index contributed by atoms with van der Waals surface area (Å²) in [5.41, 5.74) is 6.73. The van der Waals surface area contributed by atoms with Gasteiger partial charge in [0.1, 0.15) is 0 Å². The van der Waals surface area contributed by atoms with Crippen LogP contribution in [0.3, 0.4) is 0 Å². The molecule has 1 heterocycles. The normalized spacial score (nSPS) is 13.5. The van der Waals surface area contributed by atoms with Crippen molar-refractivity contribution in [2.75, 3.05) is 5.32 Å². The SMILES string of the molecule is CCc1cc(CNc2ccc3c(c2)CCC3)n(CC)n1. The molecule has 2 aromatic rings. The molecular formula is C17H23N3. The van der Waals surface area contributed by atoms with Crippen molar-refractivity contribution in [1.82, 2.24) is 9.78 Å². The molecule has 3 nitrogen and oxygen atoms in total. The summed E-state index contributed by atoms with van der Waals surface area (Å²) in [6.45, 7) is 6.08. The first-order chi connectivity index (χ1) is 9.80. The van der Waals surface area contributed by atoms with Gasteiger partial charge in [0.25, 0.3) is 0 Å². The summed E-state index contributed by atoms with van der Waals surface area (Å²) in [5.74, 6) is 0. The molecule has 0 spiro atoms. The van der Waals surface area contributed by atoms with Crippen molar-refractivity contribution in [3.05, 3.63) is 46.8 Å². The molecule has 1 aliphatic rings. The van der Waals surface area contributed by atoms with Crippen molar-refractivity contribution < 1.29 is 0 Å². The van der Waals surface area contributed by atoms with Crippen LogP contribution in [0, 0.1) is 0 Å². The highest BCUT2D eigenvalue weighted by Crippen LogP contribution is 2.25. The van der Waals surface area contributed by atoms with Gasteiger partial charge in [0, 0.05) is 12.2 Å².